The molecule has 1 aromatic heterocycles. The number of rotatable bonds is 6. The fraction of sp³-hybridized carbons (Fsp3) is 0.471. The fourth-order valence-corrected chi connectivity index (χ4v) is 2.63. The van der Waals surface area contributed by atoms with E-state index in [0.29, 0.717) is 6.04 Å². The molecule has 21 heavy (non-hydrogen) atoms. The lowest BCUT2D eigenvalue weighted by Crippen LogP contribution is -2.32. The third-order valence-corrected chi connectivity index (χ3v) is 3.71. The smallest absolute Gasteiger partial charge is 0.150 e. The lowest BCUT2D eigenvalue weighted by Gasteiger charge is -2.29. The van der Waals surface area contributed by atoms with Crippen LogP contribution in [0.15, 0.2) is 30.3 Å². The lowest BCUT2D eigenvalue weighted by atomic mass is 10.1. The molecule has 0 amide bonds. The summed E-state index contributed by atoms with van der Waals surface area (Å²) in [5.41, 5.74) is 9.47. The molecule has 0 unspecified atom stereocenters. The highest BCUT2D eigenvalue weighted by Crippen LogP contribution is 2.29. The minimum absolute atomic E-state index is 0.359. The molecule has 114 valence electrons. The average molecular weight is 286 g/mol. The molecule has 0 radical (unpaired) electrons. The Morgan fingerprint density at radius 3 is 2.48 bits per heavy atom. The van der Waals surface area contributed by atoms with E-state index in [1.807, 2.05) is 17.8 Å². The molecular formula is C17H26N4. The van der Waals surface area contributed by atoms with Crippen LogP contribution in [0.5, 0.6) is 0 Å². The summed E-state index contributed by atoms with van der Waals surface area (Å²) in [6.07, 6.45) is 1.98. The molecule has 2 rings (SSSR count). The van der Waals surface area contributed by atoms with Crippen molar-refractivity contribution in [1.29, 1.82) is 0 Å². The molecular weight excluding hydrogens is 260 g/mol. The van der Waals surface area contributed by atoms with Gasteiger partial charge in [0.15, 0.2) is 5.82 Å². The van der Waals surface area contributed by atoms with Crippen molar-refractivity contribution in [3.8, 4) is 0 Å². The Bertz CT molecular complexity index is 572. The first kappa shape index (κ1) is 15.4. The average Bonchev–Trinajstić information content (AvgIpc) is 2.73. The Balaban J connectivity index is 2.35. The number of nitrogens with zero attached hydrogens (tertiary/aromatic N) is 3. The second-order valence-electron chi connectivity index (χ2n) is 5.76. The molecule has 0 saturated carbocycles. The van der Waals surface area contributed by atoms with Gasteiger partial charge in [0.05, 0.1) is 11.4 Å². The van der Waals surface area contributed by atoms with E-state index in [4.69, 9.17) is 5.73 Å². The zero-order valence-corrected chi connectivity index (χ0v) is 13.5. The van der Waals surface area contributed by atoms with Gasteiger partial charge in [-0.25, -0.2) is 0 Å². The number of aromatic nitrogens is 2. The topological polar surface area (TPSA) is 47.1 Å². The molecule has 0 atom stereocenters. The summed E-state index contributed by atoms with van der Waals surface area (Å²) in [7, 11) is 1.98. The van der Waals surface area contributed by atoms with Crippen LogP contribution < -0.4 is 10.6 Å². The van der Waals surface area contributed by atoms with Crippen LogP contribution in [0, 0.1) is 0 Å². The molecule has 1 aromatic carbocycles. The predicted molar refractivity (Wildman–Crippen MR) is 89.4 cm³/mol. The number of aryl methyl sites for hydroxylation is 2. The normalized spacial score (nSPS) is 11.1. The van der Waals surface area contributed by atoms with E-state index in [-0.39, 0.29) is 0 Å². The Kier molecular flexibility index (Phi) is 4.89. The van der Waals surface area contributed by atoms with Gasteiger partial charge in [-0.1, -0.05) is 43.7 Å². The summed E-state index contributed by atoms with van der Waals surface area (Å²) in [5, 5.41) is 4.59. The van der Waals surface area contributed by atoms with Gasteiger partial charge < -0.3 is 10.6 Å². The first-order valence-corrected chi connectivity index (χ1v) is 7.66. The maximum Gasteiger partial charge on any atom is 0.150 e. The van der Waals surface area contributed by atoms with E-state index in [9.17, 15) is 0 Å². The van der Waals surface area contributed by atoms with Crippen LogP contribution in [0.25, 0.3) is 0 Å². The second kappa shape index (κ2) is 6.66. The Labute approximate surface area is 127 Å². The molecule has 0 fully saturated rings. The molecule has 0 saturated heterocycles. The lowest BCUT2D eigenvalue weighted by molar-refractivity contribution is 0.633. The van der Waals surface area contributed by atoms with Crippen LogP contribution in [0.3, 0.4) is 0 Å². The third-order valence-electron chi connectivity index (χ3n) is 3.71. The zero-order valence-electron chi connectivity index (χ0n) is 13.5. The molecule has 0 aliphatic heterocycles. The number of hydrogen-bond acceptors (Lipinski definition) is 3. The number of benzene rings is 1. The number of nitrogen functional groups attached to an aromatic ring is 1. The van der Waals surface area contributed by atoms with Gasteiger partial charge in [0.25, 0.3) is 0 Å². The van der Waals surface area contributed by atoms with Crippen LogP contribution in [0.4, 0.5) is 11.5 Å². The van der Waals surface area contributed by atoms with Crippen molar-refractivity contribution in [2.75, 3.05) is 10.6 Å². The molecule has 1 heterocycles. The summed E-state index contributed by atoms with van der Waals surface area (Å²) in [5.74, 6) is 1.03. The van der Waals surface area contributed by atoms with Crippen molar-refractivity contribution in [2.24, 2.45) is 7.05 Å². The summed E-state index contributed by atoms with van der Waals surface area (Å²) < 4.78 is 1.92. The SMILES string of the molecule is CCCc1nn(C)c(N(Cc2ccccc2)C(C)C)c1N. The van der Waals surface area contributed by atoms with Crippen molar-refractivity contribution in [3.05, 3.63) is 41.6 Å². The molecule has 0 aliphatic carbocycles. The largest absolute Gasteiger partial charge is 0.394 e. The minimum atomic E-state index is 0.359. The van der Waals surface area contributed by atoms with Crippen molar-refractivity contribution in [3.63, 3.8) is 0 Å². The van der Waals surface area contributed by atoms with Gasteiger partial charge in [0.2, 0.25) is 0 Å². The van der Waals surface area contributed by atoms with E-state index < -0.39 is 0 Å². The Morgan fingerprint density at radius 1 is 1.24 bits per heavy atom. The molecule has 2 N–H and O–H groups in total. The zero-order chi connectivity index (χ0) is 15.4. The van der Waals surface area contributed by atoms with Gasteiger partial charge in [0, 0.05) is 19.6 Å². The van der Waals surface area contributed by atoms with E-state index in [2.05, 4.69) is 55.0 Å². The molecule has 0 bridgehead atoms. The van der Waals surface area contributed by atoms with Gasteiger partial charge in [-0.05, 0) is 25.8 Å². The maximum atomic E-state index is 6.36. The number of hydrogen-bond donors (Lipinski definition) is 1. The molecule has 2 aromatic rings. The Hall–Kier alpha value is -1.97. The van der Waals surface area contributed by atoms with Crippen LogP contribution >= 0.6 is 0 Å². The van der Waals surface area contributed by atoms with Crippen LogP contribution in [0.1, 0.15) is 38.4 Å². The predicted octanol–water partition coefficient (Wildman–Crippen LogP) is 3.37. The van der Waals surface area contributed by atoms with Gasteiger partial charge in [-0.2, -0.15) is 5.10 Å². The second-order valence-corrected chi connectivity index (χ2v) is 5.76. The molecule has 4 heteroatoms. The highest BCUT2D eigenvalue weighted by atomic mass is 15.4. The highest BCUT2D eigenvalue weighted by Gasteiger charge is 2.21. The van der Waals surface area contributed by atoms with Crippen molar-refractivity contribution >= 4 is 11.5 Å². The van der Waals surface area contributed by atoms with Gasteiger partial charge in [-0.3, -0.25) is 4.68 Å². The summed E-state index contributed by atoms with van der Waals surface area (Å²) in [6, 6.07) is 10.8. The number of nitrogens with two attached hydrogens (primary N) is 1. The van der Waals surface area contributed by atoms with Gasteiger partial charge >= 0.3 is 0 Å². The van der Waals surface area contributed by atoms with Crippen molar-refractivity contribution < 1.29 is 0 Å². The van der Waals surface area contributed by atoms with E-state index in [0.717, 1.165) is 36.6 Å². The van der Waals surface area contributed by atoms with Crippen molar-refractivity contribution in [1.82, 2.24) is 9.78 Å². The quantitative estimate of drug-likeness (QED) is 0.885. The van der Waals surface area contributed by atoms with E-state index >= 15 is 0 Å². The van der Waals surface area contributed by atoms with Gasteiger partial charge in [0.1, 0.15) is 0 Å². The van der Waals surface area contributed by atoms with E-state index in [1.165, 1.54) is 5.56 Å². The first-order chi connectivity index (χ1) is 10.0. The highest BCUT2D eigenvalue weighted by molar-refractivity contribution is 5.67. The molecule has 0 spiro atoms. The van der Waals surface area contributed by atoms with Crippen LogP contribution in [-0.2, 0) is 20.0 Å². The maximum absolute atomic E-state index is 6.36. The monoisotopic (exact) mass is 286 g/mol. The minimum Gasteiger partial charge on any atom is -0.394 e. The standard InChI is InChI=1S/C17H26N4/c1-5-9-15-16(18)17(20(4)19-15)21(13(2)3)12-14-10-7-6-8-11-14/h6-8,10-11,13H,5,9,12,18H2,1-4H3. The fourth-order valence-electron chi connectivity index (χ4n) is 2.63. The van der Waals surface area contributed by atoms with Gasteiger partial charge in [-0.15, -0.1) is 0 Å². The van der Waals surface area contributed by atoms with Crippen LogP contribution in [0.2, 0.25) is 0 Å². The molecule has 4 nitrogen and oxygen atoms in total. The summed E-state index contributed by atoms with van der Waals surface area (Å²) in [4.78, 5) is 2.32. The summed E-state index contributed by atoms with van der Waals surface area (Å²) in [6.45, 7) is 7.37. The van der Waals surface area contributed by atoms with Crippen molar-refractivity contribution in [2.45, 2.75) is 46.2 Å². The summed E-state index contributed by atoms with van der Waals surface area (Å²) >= 11 is 0. The number of anilines is 2. The molecule has 0 aliphatic rings. The Morgan fingerprint density at radius 2 is 1.90 bits per heavy atom. The van der Waals surface area contributed by atoms with E-state index in [1.54, 1.807) is 0 Å². The van der Waals surface area contributed by atoms with Crippen LogP contribution in [-0.4, -0.2) is 15.8 Å². The first-order valence-electron chi connectivity index (χ1n) is 7.66. The third kappa shape index (κ3) is 3.38.